The molecule has 2 atom stereocenters. The standard InChI is InChI=1S/C12H22N2O5/c1-4-6-7-9(10(15)16)14-12(18)13-8(3)11(17)19-5-2/h8-9H,4-7H2,1-3H3,(H,15,16)(H2,13,14,18)/t8?,9-/m0/s1. The molecule has 0 radical (unpaired) electrons. The smallest absolute Gasteiger partial charge is 0.328 e. The first kappa shape index (κ1) is 17.2. The van der Waals surface area contributed by atoms with Crippen LogP contribution in [-0.4, -0.2) is 41.8 Å². The van der Waals surface area contributed by atoms with Crippen LogP contribution in [0.1, 0.15) is 40.0 Å². The summed E-state index contributed by atoms with van der Waals surface area (Å²) < 4.78 is 4.72. The molecule has 0 saturated carbocycles. The molecule has 7 nitrogen and oxygen atoms in total. The maximum atomic E-state index is 11.5. The van der Waals surface area contributed by atoms with E-state index in [2.05, 4.69) is 10.6 Å². The predicted molar refractivity (Wildman–Crippen MR) is 68.7 cm³/mol. The maximum Gasteiger partial charge on any atom is 0.328 e. The number of unbranched alkanes of at least 4 members (excludes halogenated alkanes) is 1. The number of esters is 1. The normalized spacial score (nSPS) is 13.2. The zero-order valence-corrected chi connectivity index (χ0v) is 11.6. The van der Waals surface area contributed by atoms with E-state index in [0.29, 0.717) is 12.8 Å². The van der Waals surface area contributed by atoms with E-state index in [4.69, 9.17) is 9.84 Å². The fraction of sp³-hybridized carbons (Fsp3) is 0.750. The molecule has 1 unspecified atom stereocenters. The number of hydrogen-bond donors (Lipinski definition) is 3. The minimum atomic E-state index is -1.09. The summed E-state index contributed by atoms with van der Waals surface area (Å²) in [5, 5.41) is 13.6. The van der Waals surface area contributed by atoms with Crippen molar-refractivity contribution in [2.24, 2.45) is 0 Å². The van der Waals surface area contributed by atoms with E-state index in [1.165, 1.54) is 6.92 Å². The van der Waals surface area contributed by atoms with Gasteiger partial charge in [-0.05, 0) is 20.3 Å². The molecule has 0 bridgehead atoms. The maximum absolute atomic E-state index is 11.5. The van der Waals surface area contributed by atoms with Crippen molar-refractivity contribution in [1.82, 2.24) is 10.6 Å². The number of rotatable bonds is 8. The van der Waals surface area contributed by atoms with Crippen LogP contribution >= 0.6 is 0 Å². The van der Waals surface area contributed by atoms with Crippen molar-refractivity contribution >= 4 is 18.0 Å². The summed E-state index contributed by atoms with van der Waals surface area (Å²) in [6.07, 6.45) is 1.89. The van der Waals surface area contributed by atoms with E-state index >= 15 is 0 Å². The minimum absolute atomic E-state index is 0.223. The Labute approximate surface area is 112 Å². The number of hydrogen-bond acceptors (Lipinski definition) is 4. The van der Waals surface area contributed by atoms with Gasteiger partial charge in [0.25, 0.3) is 0 Å². The van der Waals surface area contributed by atoms with Crippen LogP contribution in [0.2, 0.25) is 0 Å². The van der Waals surface area contributed by atoms with Crippen LogP contribution in [0.25, 0.3) is 0 Å². The fourth-order valence-corrected chi connectivity index (χ4v) is 1.39. The molecule has 0 aromatic carbocycles. The molecule has 0 aromatic rings. The Morgan fingerprint density at radius 2 is 1.84 bits per heavy atom. The third-order valence-electron chi connectivity index (χ3n) is 2.44. The quantitative estimate of drug-likeness (QED) is 0.570. The number of ether oxygens (including phenoxy) is 1. The van der Waals surface area contributed by atoms with Crippen LogP contribution in [0.3, 0.4) is 0 Å². The number of carbonyl (C=O) groups excluding carboxylic acids is 2. The zero-order valence-electron chi connectivity index (χ0n) is 11.6. The number of nitrogens with one attached hydrogen (secondary N) is 2. The van der Waals surface area contributed by atoms with Crippen molar-refractivity contribution in [2.45, 2.75) is 52.1 Å². The molecule has 0 aromatic heterocycles. The second kappa shape index (κ2) is 9.18. The van der Waals surface area contributed by atoms with Gasteiger partial charge in [0.2, 0.25) is 0 Å². The van der Waals surface area contributed by atoms with Gasteiger partial charge in [-0.1, -0.05) is 19.8 Å². The van der Waals surface area contributed by atoms with Crippen LogP contribution in [-0.2, 0) is 14.3 Å². The molecule has 7 heteroatoms. The van der Waals surface area contributed by atoms with Crippen LogP contribution in [0.5, 0.6) is 0 Å². The number of carbonyl (C=O) groups is 3. The van der Waals surface area contributed by atoms with Gasteiger partial charge in [-0.15, -0.1) is 0 Å². The van der Waals surface area contributed by atoms with E-state index < -0.39 is 30.1 Å². The lowest BCUT2D eigenvalue weighted by molar-refractivity contribution is -0.144. The van der Waals surface area contributed by atoms with Gasteiger partial charge in [-0.2, -0.15) is 0 Å². The number of aliphatic carboxylic acids is 1. The van der Waals surface area contributed by atoms with Gasteiger partial charge in [0, 0.05) is 0 Å². The summed E-state index contributed by atoms with van der Waals surface area (Å²) in [5.74, 6) is -1.65. The van der Waals surface area contributed by atoms with Crippen molar-refractivity contribution in [3.05, 3.63) is 0 Å². The Morgan fingerprint density at radius 3 is 2.32 bits per heavy atom. The topological polar surface area (TPSA) is 105 Å². The fourth-order valence-electron chi connectivity index (χ4n) is 1.39. The second-order valence-electron chi connectivity index (χ2n) is 4.12. The summed E-state index contributed by atoms with van der Waals surface area (Å²) in [6, 6.07) is -2.46. The van der Waals surface area contributed by atoms with E-state index in [-0.39, 0.29) is 6.61 Å². The van der Waals surface area contributed by atoms with Crippen molar-refractivity contribution in [3.8, 4) is 0 Å². The molecule has 2 amide bonds. The van der Waals surface area contributed by atoms with Crippen molar-refractivity contribution < 1.29 is 24.2 Å². The van der Waals surface area contributed by atoms with Crippen LogP contribution in [0, 0.1) is 0 Å². The third kappa shape index (κ3) is 7.28. The molecular formula is C12H22N2O5. The Balaban J connectivity index is 4.25. The summed E-state index contributed by atoms with van der Waals surface area (Å²) in [4.78, 5) is 33.8. The summed E-state index contributed by atoms with van der Waals surface area (Å²) in [6.45, 7) is 5.29. The van der Waals surface area contributed by atoms with Gasteiger partial charge in [-0.25, -0.2) is 14.4 Å². The lowest BCUT2D eigenvalue weighted by Gasteiger charge is -2.17. The molecule has 0 spiro atoms. The minimum Gasteiger partial charge on any atom is -0.480 e. The summed E-state index contributed by atoms with van der Waals surface area (Å²) >= 11 is 0. The molecule has 0 aliphatic heterocycles. The highest BCUT2D eigenvalue weighted by molar-refractivity contribution is 5.86. The van der Waals surface area contributed by atoms with Crippen LogP contribution in [0.4, 0.5) is 4.79 Å². The molecule has 0 saturated heterocycles. The molecule has 0 fully saturated rings. The lowest BCUT2D eigenvalue weighted by Crippen LogP contribution is -2.50. The molecule has 0 aliphatic carbocycles. The molecule has 19 heavy (non-hydrogen) atoms. The van der Waals surface area contributed by atoms with Crippen molar-refractivity contribution in [1.29, 1.82) is 0 Å². The highest BCUT2D eigenvalue weighted by Crippen LogP contribution is 2.01. The van der Waals surface area contributed by atoms with E-state index in [0.717, 1.165) is 6.42 Å². The zero-order chi connectivity index (χ0) is 14.8. The highest BCUT2D eigenvalue weighted by atomic mass is 16.5. The first-order valence-electron chi connectivity index (χ1n) is 6.38. The molecular weight excluding hydrogens is 252 g/mol. The Bertz CT molecular complexity index is 319. The third-order valence-corrected chi connectivity index (χ3v) is 2.44. The van der Waals surface area contributed by atoms with Crippen molar-refractivity contribution in [3.63, 3.8) is 0 Å². The molecule has 0 heterocycles. The highest BCUT2D eigenvalue weighted by Gasteiger charge is 2.22. The van der Waals surface area contributed by atoms with Gasteiger partial charge in [-0.3, -0.25) is 0 Å². The first-order chi connectivity index (χ1) is 8.92. The Kier molecular flexibility index (Phi) is 8.32. The second-order valence-corrected chi connectivity index (χ2v) is 4.12. The lowest BCUT2D eigenvalue weighted by atomic mass is 10.1. The molecule has 3 N–H and O–H groups in total. The van der Waals surface area contributed by atoms with Gasteiger partial charge in [0.05, 0.1) is 6.61 Å². The van der Waals surface area contributed by atoms with Gasteiger partial charge >= 0.3 is 18.0 Å². The molecule has 0 aliphatic rings. The Hall–Kier alpha value is -1.79. The van der Waals surface area contributed by atoms with Crippen molar-refractivity contribution in [2.75, 3.05) is 6.61 Å². The predicted octanol–water partition coefficient (Wildman–Crippen LogP) is 0.881. The summed E-state index contributed by atoms with van der Waals surface area (Å²) in [5.41, 5.74) is 0. The SMILES string of the molecule is CCCC[C@H](NC(=O)NC(C)C(=O)OCC)C(=O)O. The van der Waals surface area contributed by atoms with Gasteiger partial charge in [0.15, 0.2) is 0 Å². The average Bonchev–Trinajstić information content (AvgIpc) is 2.34. The number of urea groups is 1. The molecule has 0 rings (SSSR count). The van der Waals surface area contributed by atoms with Gasteiger partial charge in [0.1, 0.15) is 12.1 Å². The van der Waals surface area contributed by atoms with E-state index in [9.17, 15) is 14.4 Å². The summed E-state index contributed by atoms with van der Waals surface area (Å²) in [7, 11) is 0. The number of carboxylic acids is 1. The molecule has 110 valence electrons. The van der Waals surface area contributed by atoms with E-state index in [1.807, 2.05) is 6.92 Å². The number of carboxylic acid groups (broad SMARTS) is 1. The largest absolute Gasteiger partial charge is 0.480 e. The monoisotopic (exact) mass is 274 g/mol. The Morgan fingerprint density at radius 1 is 1.21 bits per heavy atom. The van der Waals surface area contributed by atoms with Crippen LogP contribution in [0.15, 0.2) is 0 Å². The van der Waals surface area contributed by atoms with E-state index in [1.54, 1.807) is 6.92 Å². The first-order valence-corrected chi connectivity index (χ1v) is 6.38. The van der Waals surface area contributed by atoms with Gasteiger partial charge < -0.3 is 20.5 Å². The average molecular weight is 274 g/mol. The van der Waals surface area contributed by atoms with Crippen LogP contribution < -0.4 is 10.6 Å². The number of amides is 2.